The molecule has 25 heavy (non-hydrogen) atoms. The van der Waals surface area contributed by atoms with Gasteiger partial charge in [-0.05, 0) is 69.8 Å². The van der Waals surface area contributed by atoms with Gasteiger partial charge in [0.05, 0.1) is 6.10 Å². The third-order valence-electron chi connectivity index (χ3n) is 4.30. The van der Waals surface area contributed by atoms with E-state index < -0.39 is 6.10 Å². The van der Waals surface area contributed by atoms with Crippen LogP contribution in [0, 0.1) is 6.92 Å². The summed E-state index contributed by atoms with van der Waals surface area (Å²) in [6, 6.07) is 12.3. The first kappa shape index (κ1) is 18.1. The van der Waals surface area contributed by atoms with E-state index in [-0.39, 0.29) is 6.04 Å². The Bertz CT molecular complexity index is 753. The van der Waals surface area contributed by atoms with E-state index in [0.29, 0.717) is 6.54 Å². The van der Waals surface area contributed by atoms with Crippen molar-refractivity contribution in [3.05, 3.63) is 86.2 Å². The summed E-state index contributed by atoms with van der Waals surface area (Å²) in [5, 5.41) is 22.5. The highest BCUT2D eigenvalue weighted by Crippen LogP contribution is 2.27. The molecule has 0 aliphatic heterocycles. The summed E-state index contributed by atoms with van der Waals surface area (Å²) in [5.41, 5.74) is 5.89. The van der Waals surface area contributed by atoms with Crippen LogP contribution < -0.4 is 5.32 Å². The molecule has 2 atom stereocenters. The number of nitrogens with one attached hydrogen (secondary N) is 1. The number of hydrogen-bond acceptors (Lipinski definition) is 4. The van der Waals surface area contributed by atoms with E-state index in [9.17, 15) is 5.11 Å². The first-order chi connectivity index (χ1) is 12.1. The second-order valence-corrected chi connectivity index (χ2v) is 7.75. The minimum atomic E-state index is -0.514. The van der Waals surface area contributed by atoms with Gasteiger partial charge in [0.15, 0.2) is 0 Å². The summed E-state index contributed by atoms with van der Waals surface area (Å²) in [6.07, 6.45) is 1.70. The SMILES string of the molecule is Cc1ccc(C(O)C(C)NCC=C(c2ccsc2)c2ccsc2)cc1. The van der Waals surface area contributed by atoms with Crippen molar-refractivity contribution in [3.8, 4) is 0 Å². The van der Waals surface area contributed by atoms with Crippen LogP contribution in [-0.4, -0.2) is 17.7 Å². The zero-order valence-corrected chi connectivity index (χ0v) is 16.1. The van der Waals surface area contributed by atoms with E-state index in [0.717, 1.165) is 5.56 Å². The number of aliphatic hydroxyl groups is 1. The van der Waals surface area contributed by atoms with Gasteiger partial charge in [-0.25, -0.2) is 0 Å². The van der Waals surface area contributed by atoms with Crippen LogP contribution in [0.2, 0.25) is 0 Å². The molecule has 0 fully saturated rings. The molecule has 3 rings (SSSR count). The molecule has 2 nitrogen and oxygen atoms in total. The topological polar surface area (TPSA) is 32.3 Å². The Kier molecular flexibility index (Phi) is 6.21. The van der Waals surface area contributed by atoms with Gasteiger partial charge in [-0.1, -0.05) is 35.9 Å². The molecule has 0 spiro atoms. The maximum absolute atomic E-state index is 10.5. The van der Waals surface area contributed by atoms with Gasteiger partial charge in [-0.3, -0.25) is 0 Å². The molecule has 0 aliphatic rings. The van der Waals surface area contributed by atoms with E-state index in [1.807, 2.05) is 31.2 Å². The Hall–Kier alpha value is -1.72. The molecule has 0 amide bonds. The van der Waals surface area contributed by atoms with Crippen molar-refractivity contribution in [1.82, 2.24) is 5.32 Å². The average Bonchev–Trinajstić information content (AvgIpc) is 3.32. The molecule has 2 unspecified atom stereocenters. The smallest absolute Gasteiger partial charge is 0.0940 e. The highest BCUT2D eigenvalue weighted by molar-refractivity contribution is 7.08. The van der Waals surface area contributed by atoms with Crippen molar-refractivity contribution in [3.63, 3.8) is 0 Å². The molecule has 3 aromatic rings. The van der Waals surface area contributed by atoms with Crippen LogP contribution in [0.1, 0.15) is 35.3 Å². The fourth-order valence-corrected chi connectivity index (χ4v) is 4.06. The molecule has 0 saturated carbocycles. The monoisotopic (exact) mass is 369 g/mol. The van der Waals surface area contributed by atoms with E-state index in [2.05, 4.69) is 52.0 Å². The molecule has 2 aromatic heterocycles. The molecule has 4 heteroatoms. The maximum atomic E-state index is 10.5. The number of benzene rings is 1. The fourth-order valence-electron chi connectivity index (χ4n) is 2.75. The lowest BCUT2D eigenvalue weighted by Gasteiger charge is -2.20. The third-order valence-corrected chi connectivity index (χ3v) is 5.67. The lowest BCUT2D eigenvalue weighted by atomic mass is 10.0. The van der Waals surface area contributed by atoms with Crippen LogP contribution in [0.25, 0.3) is 5.57 Å². The van der Waals surface area contributed by atoms with Crippen molar-refractivity contribution < 1.29 is 5.11 Å². The third kappa shape index (κ3) is 4.67. The molecular weight excluding hydrogens is 346 g/mol. The molecular formula is C21H23NOS2. The normalized spacial score (nSPS) is 13.4. The summed E-state index contributed by atoms with van der Waals surface area (Å²) in [5.74, 6) is 0. The zero-order chi connectivity index (χ0) is 17.6. The van der Waals surface area contributed by atoms with E-state index in [4.69, 9.17) is 0 Å². The van der Waals surface area contributed by atoms with Crippen molar-refractivity contribution in [2.24, 2.45) is 0 Å². The lowest BCUT2D eigenvalue weighted by molar-refractivity contribution is 0.138. The predicted molar refractivity (Wildman–Crippen MR) is 109 cm³/mol. The Balaban J connectivity index is 1.66. The summed E-state index contributed by atoms with van der Waals surface area (Å²) in [7, 11) is 0. The zero-order valence-electron chi connectivity index (χ0n) is 14.5. The van der Waals surface area contributed by atoms with Crippen LogP contribution in [0.15, 0.2) is 64.0 Å². The highest BCUT2D eigenvalue weighted by Gasteiger charge is 2.15. The van der Waals surface area contributed by atoms with Gasteiger partial charge >= 0.3 is 0 Å². The Morgan fingerprint density at radius 2 is 1.64 bits per heavy atom. The molecule has 0 radical (unpaired) electrons. The first-order valence-electron chi connectivity index (χ1n) is 8.38. The lowest BCUT2D eigenvalue weighted by Crippen LogP contribution is -2.32. The summed E-state index contributed by atoms with van der Waals surface area (Å²) in [4.78, 5) is 0. The minimum absolute atomic E-state index is 0.0230. The van der Waals surface area contributed by atoms with Gasteiger partial charge in [0, 0.05) is 12.6 Å². The molecule has 2 heterocycles. The van der Waals surface area contributed by atoms with E-state index in [1.165, 1.54) is 22.3 Å². The highest BCUT2D eigenvalue weighted by atomic mass is 32.1. The second kappa shape index (κ2) is 8.59. The van der Waals surface area contributed by atoms with Crippen LogP contribution in [-0.2, 0) is 0 Å². The predicted octanol–water partition coefficient (Wildman–Crippen LogP) is 5.26. The second-order valence-electron chi connectivity index (χ2n) is 6.19. The van der Waals surface area contributed by atoms with Crippen LogP contribution in [0.4, 0.5) is 0 Å². The minimum Gasteiger partial charge on any atom is -0.387 e. The first-order valence-corrected chi connectivity index (χ1v) is 10.3. The van der Waals surface area contributed by atoms with Crippen LogP contribution >= 0.6 is 22.7 Å². The van der Waals surface area contributed by atoms with E-state index in [1.54, 1.807) is 22.7 Å². The van der Waals surface area contributed by atoms with Gasteiger partial charge in [0.1, 0.15) is 0 Å². The summed E-state index contributed by atoms with van der Waals surface area (Å²) in [6.45, 7) is 4.79. The average molecular weight is 370 g/mol. The van der Waals surface area contributed by atoms with Gasteiger partial charge in [0.2, 0.25) is 0 Å². The molecule has 1 aromatic carbocycles. The molecule has 0 bridgehead atoms. The van der Waals surface area contributed by atoms with Crippen LogP contribution in [0.3, 0.4) is 0 Å². The molecule has 0 saturated heterocycles. The Morgan fingerprint density at radius 1 is 1.04 bits per heavy atom. The molecule has 2 N–H and O–H groups in total. The fraction of sp³-hybridized carbons (Fsp3) is 0.238. The maximum Gasteiger partial charge on any atom is 0.0940 e. The quantitative estimate of drug-likeness (QED) is 0.595. The van der Waals surface area contributed by atoms with Crippen molar-refractivity contribution >= 4 is 28.2 Å². The number of aliphatic hydroxyl groups excluding tert-OH is 1. The number of rotatable bonds is 7. The standard InChI is InChI=1S/C21H23NOS2/c1-15-3-5-17(6-4-15)21(23)16(2)22-10-7-20(18-8-11-24-13-18)19-9-12-25-14-19/h3-9,11-14,16,21-23H,10H2,1-2H3. The van der Waals surface area contributed by atoms with Gasteiger partial charge in [0.25, 0.3) is 0 Å². The van der Waals surface area contributed by atoms with Crippen molar-refractivity contribution in [1.29, 1.82) is 0 Å². The van der Waals surface area contributed by atoms with Gasteiger partial charge in [-0.2, -0.15) is 22.7 Å². The number of hydrogen-bond donors (Lipinski definition) is 2. The Morgan fingerprint density at radius 3 is 2.16 bits per heavy atom. The number of thiophene rings is 2. The summed E-state index contributed by atoms with van der Waals surface area (Å²) >= 11 is 3.42. The molecule has 130 valence electrons. The van der Waals surface area contributed by atoms with Crippen LogP contribution in [0.5, 0.6) is 0 Å². The Labute approximate surface area is 157 Å². The number of aryl methyl sites for hydroxylation is 1. The van der Waals surface area contributed by atoms with Gasteiger partial charge < -0.3 is 10.4 Å². The van der Waals surface area contributed by atoms with Crippen molar-refractivity contribution in [2.45, 2.75) is 26.0 Å². The van der Waals surface area contributed by atoms with Gasteiger partial charge in [-0.15, -0.1) is 0 Å². The molecule has 0 aliphatic carbocycles. The van der Waals surface area contributed by atoms with Crippen molar-refractivity contribution in [2.75, 3.05) is 6.54 Å². The summed E-state index contributed by atoms with van der Waals surface area (Å²) < 4.78 is 0. The van der Waals surface area contributed by atoms with E-state index >= 15 is 0 Å². The largest absolute Gasteiger partial charge is 0.387 e.